The highest BCUT2D eigenvalue weighted by atomic mass is 35.7. The quantitative estimate of drug-likeness (QED) is 0.467. The summed E-state index contributed by atoms with van der Waals surface area (Å²) < 4.78 is 34.1. The van der Waals surface area contributed by atoms with Crippen LogP contribution >= 0.6 is 10.7 Å². The fourth-order valence-electron chi connectivity index (χ4n) is 1.03. The van der Waals surface area contributed by atoms with Crippen molar-refractivity contribution in [2.24, 2.45) is 0 Å². The molecule has 0 aromatic heterocycles. The zero-order valence-corrected chi connectivity index (χ0v) is 8.76. The minimum absolute atomic E-state index is 0.269. The van der Waals surface area contributed by atoms with Crippen LogP contribution in [0.3, 0.4) is 0 Å². The van der Waals surface area contributed by atoms with Gasteiger partial charge >= 0.3 is 0 Å². The Morgan fingerprint density at radius 2 is 2.07 bits per heavy atom. The van der Waals surface area contributed by atoms with Crippen molar-refractivity contribution in [2.45, 2.75) is 5.75 Å². The lowest BCUT2D eigenvalue weighted by atomic mass is 10.2. The Kier molecular flexibility index (Phi) is 3.25. The SMILES string of the molecule is O=[N+]([O-])c1ccc(F)cc1CS(=O)(=O)Cl. The third-order valence-electron chi connectivity index (χ3n) is 1.57. The van der Waals surface area contributed by atoms with E-state index in [1.165, 1.54) is 0 Å². The molecular weight excluding hydrogens is 249 g/mol. The van der Waals surface area contributed by atoms with Gasteiger partial charge in [0, 0.05) is 22.3 Å². The summed E-state index contributed by atoms with van der Waals surface area (Å²) in [6.07, 6.45) is 0. The summed E-state index contributed by atoms with van der Waals surface area (Å²) in [6, 6.07) is 2.55. The number of nitro groups is 1. The van der Waals surface area contributed by atoms with Gasteiger partial charge in [-0.15, -0.1) is 0 Å². The van der Waals surface area contributed by atoms with Gasteiger partial charge in [-0.2, -0.15) is 0 Å². The third kappa shape index (κ3) is 3.45. The first kappa shape index (κ1) is 11.9. The predicted molar refractivity (Wildman–Crippen MR) is 51.5 cm³/mol. The van der Waals surface area contributed by atoms with E-state index >= 15 is 0 Å². The van der Waals surface area contributed by atoms with Crippen LogP contribution in [0.4, 0.5) is 10.1 Å². The second-order valence-corrected chi connectivity index (χ2v) is 5.49. The predicted octanol–water partition coefficient (Wildman–Crippen LogP) is 1.80. The van der Waals surface area contributed by atoms with Crippen molar-refractivity contribution in [1.82, 2.24) is 0 Å². The van der Waals surface area contributed by atoms with Crippen molar-refractivity contribution in [2.75, 3.05) is 0 Å². The molecular formula is C7H5ClFNO4S. The maximum Gasteiger partial charge on any atom is 0.273 e. The summed E-state index contributed by atoms with van der Waals surface area (Å²) in [4.78, 5) is 9.67. The van der Waals surface area contributed by atoms with Gasteiger partial charge in [-0.25, -0.2) is 12.8 Å². The number of nitro benzene ring substituents is 1. The molecule has 0 saturated carbocycles. The number of rotatable bonds is 3. The molecule has 0 atom stereocenters. The maximum atomic E-state index is 12.7. The first-order valence-corrected chi connectivity index (χ1v) is 6.12. The Hall–Kier alpha value is -1.21. The van der Waals surface area contributed by atoms with Crippen molar-refractivity contribution in [3.63, 3.8) is 0 Å². The summed E-state index contributed by atoms with van der Waals surface area (Å²) in [5.74, 6) is -1.53. The normalized spacial score (nSPS) is 11.3. The topological polar surface area (TPSA) is 77.3 Å². The molecule has 0 heterocycles. The number of halogens is 2. The largest absolute Gasteiger partial charge is 0.273 e. The van der Waals surface area contributed by atoms with E-state index in [0.29, 0.717) is 0 Å². The van der Waals surface area contributed by atoms with Crippen molar-refractivity contribution >= 4 is 25.4 Å². The molecule has 1 aromatic rings. The van der Waals surface area contributed by atoms with Gasteiger partial charge in [-0.05, 0) is 12.1 Å². The second kappa shape index (κ2) is 4.11. The molecule has 0 N–H and O–H groups in total. The molecule has 1 aromatic carbocycles. The van der Waals surface area contributed by atoms with Crippen molar-refractivity contribution in [3.8, 4) is 0 Å². The lowest BCUT2D eigenvalue weighted by Gasteiger charge is -2.00. The Morgan fingerprint density at radius 3 is 2.53 bits per heavy atom. The molecule has 8 heteroatoms. The minimum Gasteiger partial charge on any atom is -0.258 e. The highest BCUT2D eigenvalue weighted by Gasteiger charge is 2.19. The summed E-state index contributed by atoms with van der Waals surface area (Å²) >= 11 is 0. The number of hydrogen-bond acceptors (Lipinski definition) is 4. The maximum absolute atomic E-state index is 12.7. The lowest BCUT2D eigenvalue weighted by Crippen LogP contribution is -2.01. The second-order valence-electron chi connectivity index (χ2n) is 2.71. The minimum atomic E-state index is -3.95. The molecule has 0 fully saturated rings. The van der Waals surface area contributed by atoms with Crippen LogP contribution in [0.2, 0.25) is 0 Å². The molecule has 0 radical (unpaired) electrons. The first-order valence-electron chi connectivity index (χ1n) is 3.65. The average Bonchev–Trinajstić information content (AvgIpc) is 1.99. The average molecular weight is 254 g/mol. The van der Waals surface area contributed by atoms with Gasteiger partial charge in [0.05, 0.1) is 10.7 Å². The molecule has 0 amide bonds. The molecule has 0 aliphatic carbocycles. The Balaban J connectivity index is 3.25. The number of hydrogen-bond donors (Lipinski definition) is 0. The van der Waals surface area contributed by atoms with E-state index in [9.17, 15) is 22.9 Å². The van der Waals surface area contributed by atoms with Gasteiger partial charge in [0.15, 0.2) is 0 Å². The summed E-state index contributed by atoms with van der Waals surface area (Å²) in [5, 5.41) is 10.5. The summed E-state index contributed by atoms with van der Waals surface area (Å²) in [6.45, 7) is 0. The van der Waals surface area contributed by atoms with Gasteiger partial charge in [0.2, 0.25) is 9.05 Å². The van der Waals surface area contributed by atoms with E-state index < -0.39 is 31.2 Å². The number of benzene rings is 1. The monoisotopic (exact) mass is 253 g/mol. The van der Waals surface area contributed by atoms with Crippen LogP contribution in [-0.2, 0) is 14.8 Å². The van der Waals surface area contributed by atoms with E-state index in [1.54, 1.807) is 0 Å². The van der Waals surface area contributed by atoms with E-state index in [-0.39, 0.29) is 5.56 Å². The van der Waals surface area contributed by atoms with Crippen LogP contribution < -0.4 is 0 Å². The van der Waals surface area contributed by atoms with Crippen LogP contribution in [0.1, 0.15) is 5.56 Å². The molecule has 0 saturated heterocycles. The van der Waals surface area contributed by atoms with Crippen molar-refractivity contribution in [3.05, 3.63) is 39.7 Å². The zero-order valence-electron chi connectivity index (χ0n) is 7.18. The van der Waals surface area contributed by atoms with Crippen molar-refractivity contribution < 1.29 is 17.7 Å². The summed E-state index contributed by atoms with van der Waals surface area (Å²) in [7, 11) is 0.975. The van der Waals surface area contributed by atoms with Gasteiger partial charge in [0.25, 0.3) is 5.69 Å². The van der Waals surface area contributed by atoms with Crippen LogP contribution in [0.5, 0.6) is 0 Å². The van der Waals surface area contributed by atoms with Crippen molar-refractivity contribution in [1.29, 1.82) is 0 Å². The van der Waals surface area contributed by atoms with E-state index in [4.69, 9.17) is 10.7 Å². The third-order valence-corrected chi connectivity index (χ3v) is 2.55. The van der Waals surface area contributed by atoms with Crippen LogP contribution in [0.25, 0.3) is 0 Å². The highest BCUT2D eigenvalue weighted by Crippen LogP contribution is 2.22. The number of nitrogens with zero attached hydrogens (tertiary/aromatic N) is 1. The fraction of sp³-hybridized carbons (Fsp3) is 0.143. The molecule has 0 spiro atoms. The Morgan fingerprint density at radius 1 is 1.47 bits per heavy atom. The van der Waals surface area contributed by atoms with Gasteiger partial charge < -0.3 is 0 Å². The molecule has 5 nitrogen and oxygen atoms in total. The van der Waals surface area contributed by atoms with Gasteiger partial charge in [0.1, 0.15) is 5.82 Å². The molecule has 15 heavy (non-hydrogen) atoms. The molecule has 0 bridgehead atoms. The van der Waals surface area contributed by atoms with Gasteiger partial charge in [-0.1, -0.05) is 0 Å². The smallest absolute Gasteiger partial charge is 0.258 e. The Labute approximate surface area is 89.0 Å². The van der Waals surface area contributed by atoms with Crippen LogP contribution in [0, 0.1) is 15.9 Å². The first-order chi connectivity index (χ1) is 6.79. The van der Waals surface area contributed by atoms with E-state index in [2.05, 4.69) is 0 Å². The molecule has 0 unspecified atom stereocenters. The molecule has 0 aliphatic heterocycles. The molecule has 0 aliphatic rings. The highest BCUT2D eigenvalue weighted by molar-refractivity contribution is 8.13. The summed E-state index contributed by atoms with van der Waals surface area (Å²) in [5.41, 5.74) is -0.740. The fourth-order valence-corrected chi connectivity index (χ4v) is 1.99. The molecule has 1 rings (SSSR count). The Bertz CT molecular complexity index is 502. The van der Waals surface area contributed by atoms with Gasteiger partial charge in [-0.3, -0.25) is 10.1 Å². The van der Waals surface area contributed by atoms with Crippen LogP contribution in [0.15, 0.2) is 18.2 Å². The van der Waals surface area contributed by atoms with E-state index in [1.807, 2.05) is 0 Å². The van der Waals surface area contributed by atoms with Crippen LogP contribution in [-0.4, -0.2) is 13.3 Å². The molecule has 82 valence electrons. The van der Waals surface area contributed by atoms with E-state index in [0.717, 1.165) is 18.2 Å². The zero-order chi connectivity index (χ0) is 11.6. The lowest BCUT2D eigenvalue weighted by molar-refractivity contribution is -0.385. The standard InChI is InChI=1S/C7H5ClFNO4S/c8-15(13,14)4-5-3-6(9)1-2-7(5)10(11)12/h1-3H,4H2.